The highest BCUT2D eigenvalue weighted by Gasteiger charge is 2.13. The summed E-state index contributed by atoms with van der Waals surface area (Å²) < 4.78 is 0. The van der Waals surface area contributed by atoms with Gasteiger partial charge in [0, 0.05) is 5.92 Å². The van der Waals surface area contributed by atoms with Crippen molar-refractivity contribution < 1.29 is 5.11 Å². The molecule has 1 rings (SSSR count). The van der Waals surface area contributed by atoms with Crippen LogP contribution < -0.4 is 5.73 Å². The van der Waals surface area contributed by atoms with Crippen molar-refractivity contribution in [1.82, 2.24) is 0 Å². The van der Waals surface area contributed by atoms with Gasteiger partial charge in [-0.15, -0.1) is 0 Å². The van der Waals surface area contributed by atoms with Crippen LogP contribution in [0.15, 0.2) is 35.8 Å². The number of nitrogens with two attached hydrogens (primary N) is 1. The Morgan fingerprint density at radius 3 is 2.80 bits per heavy atom. The lowest BCUT2D eigenvalue weighted by Gasteiger charge is -2.15. The van der Waals surface area contributed by atoms with Crippen LogP contribution in [-0.4, -0.2) is 5.11 Å². The first kappa shape index (κ1) is 6.93. The zero-order chi connectivity index (χ0) is 7.72. The second-order valence-electron chi connectivity index (χ2n) is 2.48. The Morgan fingerprint density at radius 1 is 1.70 bits per heavy atom. The molecular weight excluding hydrogens is 126 g/mol. The Kier molecular flexibility index (Phi) is 1.53. The molecule has 0 saturated heterocycles. The zero-order valence-corrected chi connectivity index (χ0v) is 5.96. The second-order valence-corrected chi connectivity index (χ2v) is 2.48. The number of hydrogen-bond acceptors (Lipinski definition) is 2. The van der Waals surface area contributed by atoms with Gasteiger partial charge in [0.2, 0.25) is 0 Å². The van der Waals surface area contributed by atoms with Crippen LogP contribution in [0.3, 0.4) is 0 Å². The predicted octanol–water partition coefficient (Wildman–Crippen LogP) is 1.48. The Hall–Kier alpha value is -1.18. The molecule has 0 saturated carbocycles. The Labute approximate surface area is 60.4 Å². The highest BCUT2D eigenvalue weighted by atomic mass is 16.3. The minimum absolute atomic E-state index is 0.134. The maximum absolute atomic E-state index is 9.22. The topological polar surface area (TPSA) is 46.2 Å². The summed E-state index contributed by atoms with van der Waals surface area (Å²) in [5.74, 6) is 0.335. The maximum Gasteiger partial charge on any atom is 0.141 e. The van der Waals surface area contributed by atoms with Gasteiger partial charge in [-0.05, 0) is 11.6 Å². The average Bonchev–Trinajstić information content (AvgIpc) is 1.93. The van der Waals surface area contributed by atoms with Crippen molar-refractivity contribution in [2.24, 2.45) is 11.7 Å². The van der Waals surface area contributed by atoms with Crippen molar-refractivity contribution in [2.45, 2.75) is 6.92 Å². The molecule has 2 heteroatoms. The molecule has 0 bridgehead atoms. The first-order valence-electron chi connectivity index (χ1n) is 3.19. The summed E-state index contributed by atoms with van der Waals surface area (Å²) >= 11 is 0. The summed E-state index contributed by atoms with van der Waals surface area (Å²) in [6.45, 7) is 5.65. The summed E-state index contributed by atoms with van der Waals surface area (Å²) in [5, 5.41) is 9.22. The Morgan fingerprint density at radius 2 is 2.30 bits per heavy atom. The van der Waals surface area contributed by atoms with Gasteiger partial charge in [-0.3, -0.25) is 0 Å². The molecule has 2 nitrogen and oxygen atoms in total. The van der Waals surface area contributed by atoms with Crippen LogP contribution in [0.2, 0.25) is 0 Å². The van der Waals surface area contributed by atoms with E-state index in [1.165, 1.54) is 0 Å². The van der Waals surface area contributed by atoms with Crippen LogP contribution in [0, 0.1) is 5.92 Å². The van der Waals surface area contributed by atoms with Gasteiger partial charge in [0.05, 0.1) is 5.70 Å². The van der Waals surface area contributed by atoms with E-state index in [4.69, 9.17) is 5.73 Å². The molecule has 0 fully saturated rings. The summed E-state index contributed by atoms with van der Waals surface area (Å²) in [6.07, 6.45) is 3.62. The fraction of sp³-hybridized carbons (Fsp3) is 0.250. The van der Waals surface area contributed by atoms with E-state index in [-0.39, 0.29) is 11.7 Å². The second kappa shape index (κ2) is 2.21. The third-order valence-electron chi connectivity index (χ3n) is 1.69. The van der Waals surface area contributed by atoms with E-state index in [0.29, 0.717) is 11.3 Å². The van der Waals surface area contributed by atoms with Crippen LogP contribution in [0.4, 0.5) is 0 Å². The van der Waals surface area contributed by atoms with Crippen molar-refractivity contribution >= 4 is 0 Å². The lowest BCUT2D eigenvalue weighted by Crippen LogP contribution is -2.10. The zero-order valence-electron chi connectivity index (χ0n) is 5.96. The van der Waals surface area contributed by atoms with E-state index in [0.717, 1.165) is 0 Å². The summed E-state index contributed by atoms with van der Waals surface area (Å²) in [7, 11) is 0. The molecule has 0 aromatic heterocycles. The van der Waals surface area contributed by atoms with Crippen LogP contribution in [-0.2, 0) is 0 Å². The van der Waals surface area contributed by atoms with Crippen molar-refractivity contribution in [3.05, 3.63) is 35.8 Å². The first-order valence-corrected chi connectivity index (χ1v) is 3.19. The van der Waals surface area contributed by atoms with Crippen molar-refractivity contribution in [2.75, 3.05) is 0 Å². The largest absolute Gasteiger partial charge is 0.506 e. The van der Waals surface area contributed by atoms with Gasteiger partial charge in [0.25, 0.3) is 0 Å². The van der Waals surface area contributed by atoms with Crippen molar-refractivity contribution in [1.29, 1.82) is 0 Å². The van der Waals surface area contributed by atoms with Crippen LogP contribution in [0.5, 0.6) is 0 Å². The first-order chi connectivity index (χ1) is 4.63. The predicted molar refractivity (Wildman–Crippen MR) is 41.3 cm³/mol. The number of allylic oxidation sites excluding steroid dienone is 3. The Balaban J connectivity index is 3.00. The lowest BCUT2D eigenvalue weighted by atomic mass is 9.95. The van der Waals surface area contributed by atoms with Crippen molar-refractivity contribution in [3.63, 3.8) is 0 Å². The average molecular weight is 137 g/mol. The quantitative estimate of drug-likeness (QED) is 0.531. The molecule has 0 spiro atoms. The summed E-state index contributed by atoms with van der Waals surface area (Å²) in [5.41, 5.74) is 6.51. The molecular formula is C8H11NO. The molecule has 10 heavy (non-hydrogen) atoms. The van der Waals surface area contributed by atoms with E-state index < -0.39 is 0 Å². The SMILES string of the molecule is C=C1C(O)=C(N)C=CC1C. The number of hydrogen-bond donors (Lipinski definition) is 2. The van der Waals surface area contributed by atoms with Crippen LogP contribution in [0.1, 0.15) is 6.92 Å². The van der Waals surface area contributed by atoms with Gasteiger partial charge in [0.15, 0.2) is 0 Å². The molecule has 1 atom stereocenters. The molecule has 0 amide bonds. The minimum atomic E-state index is 0.134. The van der Waals surface area contributed by atoms with E-state index >= 15 is 0 Å². The third kappa shape index (κ3) is 0.923. The monoisotopic (exact) mass is 137 g/mol. The molecule has 0 radical (unpaired) electrons. The number of aliphatic hydroxyl groups excluding tert-OH is 1. The van der Waals surface area contributed by atoms with E-state index in [9.17, 15) is 5.11 Å². The van der Waals surface area contributed by atoms with Crippen LogP contribution in [0.25, 0.3) is 0 Å². The Bertz CT molecular complexity index is 225. The highest BCUT2D eigenvalue weighted by Crippen LogP contribution is 2.23. The number of rotatable bonds is 0. The molecule has 0 aliphatic heterocycles. The summed E-state index contributed by atoms with van der Waals surface area (Å²) in [6, 6.07) is 0. The van der Waals surface area contributed by atoms with E-state index in [1.807, 2.05) is 13.0 Å². The minimum Gasteiger partial charge on any atom is -0.506 e. The lowest BCUT2D eigenvalue weighted by molar-refractivity contribution is 0.406. The van der Waals surface area contributed by atoms with Gasteiger partial charge in [-0.1, -0.05) is 19.6 Å². The fourth-order valence-electron chi connectivity index (χ4n) is 0.844. The molecule has 0 aromatic rings. The van der Waals surface area contributed by atoms with Gasteiger partial charge < -0.3 is 10.8 Å². The van der Waals surface area contributed by atoms with Crippen molar-refractivity contribution in [3.8, 4) is 0 Å². The molecule has 3 N–H and O–H groups in total. The third-order valence-corrected chi connectivity index (χ3v) is 1.69. The molecule has 1 unspecified atom stereocenters. The van der Waals surface area contributed by atoms with Gasteiger partial charge in [0.1, 0.15) is 5.76 Å². The molecule has 0 aromatic carbocycles. The van der Waals surface area contributed by atoms with Gasteiger partial charge in [-0.2, -0.15) is 0 Å². The van der Waals surface area contributed by atoms with E-state index in [1.54, 1.807) is 6.08 Å². The highest BCUT2D eigenvalue weighted by molar-refractivity contribution is 5.39. The maximum atomic E-state index is 9.22. The smallest absolute Gasteiger partial charge is 0.141 e. The fourth-order valence-corrected chi connectivity index (χ4v) is 0.844. The standard InChI is InChI=1S/C8H11NO/c1-5-3-4-7(9)8(10)6(5)2/h3-5,10H,2,9H2,1H3. The summed E-state index contributed by atoms with van der Waals surface area (Å²) in [4.78, 5) is 0. The molecule has 54 valence electrons. The number of aliphatic hydroxyl groups is 1. The normalized spacial score (nSPS) is 25.7. The molecule has 1 aliphatic carbocycles. The molecule has 0 heterocycles. The van der Waals surface area contributed by atoms with E-state index in [2.05, 4.69) is 6.58 Å². The van der Waals surface area contributed by atoms with Gasteiger partial charge in [-0.25, -0.2) is 0 Å². The van der Waals surface area contributed by atoms with Crippen LogP contribution >= 0.6 is 0 Å². The molecule has 1 aliphatic rings. The van der Waals surface area contributed by atoms with Gasteiger partial charge >= 0.3 is 0 Å².